The summed E-state index contributed by atoms with van der Waals surface area (Å²) < 4.78 is 0. The molecular formula is C17H17N3S. The van der Waals surface area contributed by atoms with E-state index in [-0.39, 0.29) is 0 Å². The van der Waals surface area contributed by atoms with Crippen LogP contribution in [0.3, 0.4) is 0 Å². The minimum Gasteiger partial charge on any atom is -0.399 e. The fraction of sp³-hybridized carbons (Fsp3) is 0.118. The second kappa shape index (κ2) is 5.58. The molecule has 0 aliphatic carbocycles. The number of hydrogen-bond acceptors (Lipinski definition) is 4. The largest absolute Gasteiger partial charge is 0.399 e. The van der Waals surface area contributed by atoms with Gasteiger partial charge in [0.25, 0.3) is 0 Å². The molecule has 1 heterocycles. The van der Waals surface area contributed by atoms with Crippen molar-refractivity contribution >= 4 is 27.8 Å². The number of nitrogens with zero attached hydrogens (tertiary/aromatic N) is 1. The topological polar surface area (TPSA) is 50.9 Å². The molecule has 0 aliphatic rings. The lowest BCUT2D eigenvalue weighted by molar-refractivity contribution is 1.35. The van der Waals surface area contributed by atoms with Crippen LogP contribution in [0.25, 0.3) is 11.3 Å². The molecule has 0 saturated heterocycles. The SMILES string of the molecule is Cc1ccc(-c2nc(Nc3ccc(N)cc3)sc2C)cc1. The zero-order valence-corrected chi connectivity index (χ0v) is 12.9. The molecule has 1 aromatic heterocycles. The van der Waals surface area contributed by atoms with E-state index in [1.54, 1.807) is 11.3 Å². The first kappa shape index (κ1) is 13.6. The Kier molecular flexibility index (Phi) is 3.62. The molecule has 3 aromatic rings. The number of anilines is 3. The molecule has 0 radical (unpaired) electrons. The number of nitrogens with two attached hydrogens (primary N) is 1. The van der Waals surface area contributed by atoms with Crippen LogP contribution in [0, 0.1) is 13.8 Å². The van der Waals surface area contributed by atoms with E-state index in [9.17, 15) is 0 Å². The lowest BCUT2D eigenvalue weighted by Crippen LogP contribution is -1.90. The summed E-state index contributed by atoms with van der Waals surface area (Å²) in [5.41, 5.74) is 10.9. The van der Waals surface area contributed by atoms with Gasteiger partial charge in [0.1, 0.15) is 0 Å². The van der Waals surface area contributed by atoms with Gasteiger partial charge in [0.05, 0.1) is 5.69 Å². The number of nitrogens with one attached hydrogen (secondary N) is 1. The minimum absolute atomic E-state index is 0.760. The van der Waals surface area contributed by atoms with Gasteiger partial charge in [-0.05, 0) is 38.1 Å². The zero-order chi connectivity index (χ0) is 14.8. The number of aryl methyl sites for hydroxylation is 2. The Balaban J connectivity index is 1.87. The van der Waals surface area contributed by atoms with Crippen molar-refractivity contribution in [2.24, 2.45) is 0 Å². The van der Waals surface area contributed by atoms with Crippen LogP contribution in [0.2, 0.25) is 0 Å². The second-order valence-corrected chi connectivity index (χ2v) is 6.24. The molecule has 2 aromatic carbocycles. The summed E-state index contributed by atoms with van der Waals surface area (Å²) in [7, 11) is 0. The number of benzene rings is 2. The summed E-state index contributed by atoms with van der Waals surface area (Å²) in [6.07, 6.45) is 0. The van der Waals surface area contributed by atoms with Crippen molar-refractivity contribution < 1.29 is 0 Å². The molecule has 4 heteroatoms. The lowest BCUT2D eigenvalue weighted by Gasteiger charge is -2.02. The summed E-state index contributed by atoms with van der Waals surface area (Å²) in [5.74, 6) is 0. The Morgan fingerprint density at radius 2 is 1.62 bits per heavy atom. The Bertz CT molecular complexity index is 743. The number of nitrogen functional groups attached to an aromatic ring is 1. The summed E-state index contributed by atoms with van der Waals surface area (Å²) in [5, 5.41) is 4.22. The van der Waals surface area contributed by atoms with Gasteiger partial charge >= 0.3 is 0 Å². The fourth-order valence-corrected chi connectivity index (χ4v) is 2.98. The molecule has 0 atom stereocenters. The van der Waals surface area contributed by atoms with E-state index in [4.69, 9.17) is 10.7 Å². The molecule has 0 bridgehead atoms. The normalized spacial score (nSPS) is 10.6. The highest BCUT2D eigenvalue weighted by atomic mass is 32.1. The highest BCUT2D eigenvalue weighted by Crippen LogP contribution is 2.32. The van der Waals surface area contributed by atoms with Gasteiger partial charge in [-0.2, -0.15) is 0 Å². The Morgan fingerprint density at radius 1 is 0.952 bits per heavy atom. The first-order valence-corrected chi connectivity index (χ1v) is 7.60. The maximum absolute atomic E-state index is 5.70. The van der Waals surface area contributed by atoms with Crippen molar-refractivity contribution in [3.05, 3.63) is 59.0 Å². The van der Waals surface area contributed by atoms with Gasteiger partial charge in [0.15, 0.2) is 5.13 Å². The van der Waals surface area contributed by atoms with Crippen molar-refractivity contribution in [1.29, 1.82) is 0 Å². The third kappa shape index (κ3) is 3.06. The molecule has 0 saturated carbocycles. The summed E-state index contributed by atoms with van der Waals surface area (Å²) in [6.45, 7) is 4.19. The third-order valence-electron chi connectivity index (χ3n) is 3.28. The lowest BCUT2D eigenvalue weighted by atomic mass is 10.1. The van der Waals surface area contributed by atoms with Gasteiger partial charge in [-0.15, -0.1) is 11.3 Å². The zero-order valence-electron chi connectivity index (χ0n) is 12.1. The van der Waals surface area contributed by atoms with Crippen molar-refractivity contribution in [3.8, 4) is 11.3 Å². The molecule has 0 unspecified atom stereocenters. The van der Waals surface area contributed by atoms with Crippen LogP contribution in [0.1, 0.15) is 10.4 Å². The quantitative estimate of drug-likeness (QED) is 0.685. The summed E-state index contributed by atoms with van der Waals surface area (Å²) in [6, 6.07) is 16.1. The van der Waals surface area contributed by atoms with Gasteiger partial charge in [-0.25, -0.2) is 4.98 Å². The monoisotopic (exact) mass is 295 g/mol. The average Bonchev–Trinajstić information content (AvgIpc) is 2.83. The second-order valence-electron chi connectivity index (χ2n) is 5.04. The highest BCUT2D eigenvalue weighted by molar-refractivity contribution is 7.16. The Labute approximate surface area is 128 Å². The molecule has 3 rings (SSSR count). The van der Waals surface area contributed by atoms with E-state index >= 15 is 0 Å². The van der Waals surface area contributed by atoms with E-state index in [1.165, 1.54) is 10.4 Å². The first-order valence-electron chi connectivity index (χ1n) is 6.79. The molecule has 3 N–H and O–H groups in total. The fourth-order valence-electron chi connectivity index (χ4n) is 2.12. The van der Waals surface area contributed by atoms with Crippen LogP contribution in [-0.4, -0.2) is 4.98 Å². The molecule has 21 heavy (non-hydrogen) atoms. The van der Waals surface area contributed by atoms with Crippen LogP contribution in [-0.2, 0) is 0 Å². The van der Waals surface area contributed by atoms with Crippen molar-refractivity contribution in [2.75, 3.05) is 11.1 Å². The molecule has 0 spiro atoms. The van der Waals surface area contributed by atoms with Gasteiger partial charge in [0.2, 0.25) is 0 Å². The summed E-state index contributed by atoms with van der Waals surface area (Å²) in [4.78, 5) is 5.91. The maximum Gasteiger partial charge on any atom is 0.187 e. The molecule has 0 amide bonds. The minimum atomic E-state index is 0.760. The molecule has 106 valence electrons. The van der Waals surface area contributed by atoms with Crippen molar-refractivity contribution in [2.45, 2.75) is 13.8 Å². The smallest absolute Gasteiger partial charge is 0.187 e. The van der Waals surface area contributed by atoms with E-state index in [1.807, 2.05) is 24.3 Å². The number of rotatable bonds is 3. The standard InChI is InChI=1S/C17H17N3S/c1-11-3-5-13(6-4-11)16-12(2)21-17(20-16)19-15-9-7-14(18)8-10-15/h3-10H,18H2,1-2H3,(H,19,20). The average molecular weight is 295 g/mol. The van der Waals surface area contributed by atoms with Gasteiger partial charge in [0, 0.05) is 21.8 Å². The number of hydrogen-bond donors (Lipinski definition) is 2. The van der Waals surface area contributed by atoms with E-state index in [0.717, 1.165) is 27.8 Å². The van der Waals surface area contributed by atoms with E-state index < -0.39 is 0 Å². The molecular weight excluding hydrogens is 278 g/mol. The van der Waals surface area contributed by atoms with Crippen molar-refractivity contribution in [1.82, 2.24) is 4.98 Å². The predicted molar refractivity (Wildman–Crippen MR) is 91.2 cm³/mol. The van der Waals surface area contributed by atoms with Crippen LogP contribution in [0.5, 0.6) is 0 Å². The summed E-state index contributed by atoms with van der Waals surface area (Å²) >= 11 is 1.66. The predicted octanol–water partition coefficient (Wildman–Crippen LogP) is 4.75. The molecule has 0 fully saturated rings. The Morgan fingerprint density at radius 3 is 2.29 bits per heavy atom. The number of aromatic nitrogens is 1. The van der Waals surface area contributed by atoms with Gasteiger partial charge < -0.3 is 11.1 Å². The molecule has 0 aliphatic heterocycles. The molecule has 3 nitrogen and oxygen atoms in total. The third-order valence-corrected chi connectivity index (χ3v) is 4.17. The van der Waals surface area contributed by atoms with Gasteiger partial charge in [-0.1, -0.05) is 29.8 Å². The van der Waals surface area contributed by atoms with Crippen molar-refractivity contribution in [3.63, 3.8) is 0 Å². The Hall–Kier alpha value is -2.33. The van der Waals surface area contributed by atoms with Gasteiger partial charge in [-0.3, -0.25) is 0 Å². The highest BCUT2D eigenvalue weighted by Gasteiger charge is 2.09. The van der Waals surface area contributed by atoms with Crippen LogP contribution in [0.4, 0.5) is 16.5 Å². The van der Waals surface area contributed by atoms with E-state index in [2.05, 4.69) is 43.4 Å². The van der Waals surface area contributed by atoms with Crippen LogP contribution in [0.15, 0.2) is 48.5 Å². The maximum atomic E-state index is 5.70. The van der Waals surface area contributed by atoms with Crippen LogP contribution >= 0.6 is 11.3 Å². The first-order chi connectivity index (χ1) is 10.1. The number of thiazole rings is 1. The van der Waals surface area contributed by atoms with E-state index in [0.29, 0.717) is 0 Å². The van der Waals surface area contributed by atoms with Crippen LogP contribution < -0.4 is 11.1 Å².